The van der Waals surface area contributed by atoms with Crippen LogP contribution < -0.4 is 4.72 Å². The number of para-hydroxylation sites is 1. The van der Waals surface area contributed by atoms with Gasteiger partial charge in [0.1, 0.15) is 5.75 Å². The lowest BCUT2D eigenvalue weighted by Gasteiger charge is -2.12. The topological polar surface area (TPSA) is 66.4 Å². The van der Waals surface area contributed by atoms with E-state index >= 15 is 0 Å². The van der Waals surface area contributed by atoms with Gasteiger partial charge in [-0.2, -0.15) is 21.6 Å². The van der Waals surface area contributed by atoms with Crippen molar-refractivity contribution >= 4 is 15.7 Å². The second-order valence-corrected chi connectivity index (χ2v) is 5.82. The molecule has 0 heterocycles. The fourth-order valence-electron chi connectivity index (χ4n) is 1.68. The first-order valence-electron chi connectivity index (χ1n) is 5.68. The van der Waals surface area contributed by atoms with Gasteiger partial charge in [-0.15, -0.1) is 0 Å². The molecule has 8 heteroatoms. The monoisotopic (exact) mass is 317 g/mol. The molecule has 2 rings (SSSR count). The van der Waals surface area contributed by atoms with Gasteiger partial charge in [-0.1, -0.05) is 30.3 Å². The van der Waals surface area contributed by atoms with Gasteiger partial charge >= 0.3 is 15.5 Å². The number of phenols is 1. The molecule has 0 saturated heterocycles. The summed E-state index contributed by atoms with van der Waals surface area (Å²) in [5.74, 6) is -0.0617. The van der Waals surface area contributed by atoms with Gasteiger partial charge < -0.3 is 5.11 Å². The Bertz CT molecular complexity index is 757. The van der Waals surface area contributed by atoms with E-state index in [1.165, 1.54) is 29.0 Å². The fourth-order valence-corrected chi connectivity index (χ4v) is 2.23. The number of hydrogen-bond acceptors (Lipinski definition) is 3. The molecule has 4 nitrogen and oxygen atoms in total. The molecule has 0 aliphatic rings. The molecule has 0 radical (unpaired) electrons. The van der Waals surface area contributed by atoms with Crippen LogP contribution in [0.3, 0.4) is 0 Å². The molecule has 112 valence electrons. The summed E-state index contributed by atoms with van der Waals surface area (Å²) >= 11 is 0. The summed E-state index contributed by atoms with van der Waals surface area (Å²) < 4.78 is 60.5. The summed E-state index contributed by atoms with van der Waals surface area (Å²) in [6, 6.07) is 11.5. The maximum absolute atomic E-state index is 12.3. The third-order valence-electron chi connectivity index (χ3n) is 2.63. The van der Waals surface area contributed by atoms with Crippen molar-refractivity contribution in [3.05, 3.63) is 48.5 Å². The zero-order chi connectivity index (χ0) is 15.7. The molecule has 0 aliphatic heterocycles. The second kappa shape index (κ2) is 5.28. The summed E-state index contributed by atoms with van der Waals surface area (Å²) in [7, 11) is -5.47. The van der Waals surface area contributed by atoms with Gasteiger partial charge in [-0.25, -0.2) is 0 Å². The number of hydrogen-bond donors (Lipinski definition) is 2. The van der Waals surface area contributed by atoms with Crippen molar-refractivity contribution in [1.82, 2.24) is 0 Å². The third kappa shape index (κ3) is 3.27. The summed E-state index contributed by atoms with van der Waals surface area (Å²) in [6.07, 6.45) is 0. The van der Waals surface area contributed by atoms with E-state index in [1.54, 1.807) is 24.3 Å². The molecule has 0 unspecified atom stereocenters. The van der Waals surface area contributed by atoms with Crippen LogP contribution in [0.2, 0.25) is 0 Å². The highest BCUT2D eigenvalue weighted by atomic mass is 32.2. The Kier molecular flexibility index (Phi) is 3.82. The number of alkyl halides is 3. The Morgan fingerprint density at radius 2 is 1.67 bits per heavy atom. The van der Waals surface area contributed by atoms with E-state index in [2.05, 4.69) is 0 Å². The second-order valence-electron chi connectivity index (χ2n) is 4.15. The molecule has 21 heavy (non-hydrogen) atoms. The average Bonchev–Trinajstić information content (AvgIpc) is 2.37. The molecule has 2 aromatic rings. The van der Waals surface area contributed by atoms with Crippen molar-refractivity contribution in [3.63, 3.8) is 0 Å². The number of benzene rings is 2. The van der Waals surface area contributed by atoms with E-state index in [0.29, 0.717) is 11.1 Å². The van der Waals surface area contributed by atoms with Gasteiger partial charge in [0.05, 0.1) is 0 Å². The molecule has 2 aromatic carbocycles. The predicted molar refractivity (Wildman–Crippen MR) is 72.1 cm³/mol. The first-order chi connectivity index (χ1) is 9.71. The standard InChI is InChI=1S/C13H10F3NO3S/c14-13(15,16)21(19,20)17-10-5-3-4-9(8-10)11-6-1-2-7-12(11)18/h1-8,17-18H. The van der Waals surface area contributed by atoms with E-state index in [1.807, 2.05) is 0 Å². The number of nitrogens with one attached hydrogen (secondary N) is 1. The molecule has 0 amide bonds. The Morgan fingerprint density at radius 3 is 2.29 bits per heavy atom. The number of sulfonamides is 1. The lowest BCUT2D eigenvalue weighted by atomic mass is 10.0. The zero-order valence-corrected chi connectivity index (χ0v) is 11.2. The minimum Gasteiger partial charge on any atom is -0.507 e. The minimum absolute atomic E-state index is 0.0617. The molecule has 0 atom stereocenters. The first kappa shape index (κ1) is 15.2. The van der Waals surface area contributed by atoms with Gasteiger partial charge in [0, 0.05) is 11.3 Å². The van der Waals surface area contributed by atoms with Crippen molar-refractivity contribution < 1.29 is 26.7 Å². The molecule has 2 N–H and O–H groups in total. The quantitative estimate of drug-likeness (QED) is 0.912. The molecule has 0 bridgehead atoms. The predicted octanol–water partition coefficient (Wildman–Crippen LogP) is 3.32. The summed E-state index contributed by atoms with van der Waals surface area (Å²) in [5, 5.41) is 9.70. The Morgan fingerprint density at radius 1 is 1.00 bits per heavy atom. The number of anilines is 1. The van der Waals surface area contributed by atoms with Gasteiger partial charge in [-0.05, 0) is 23.8 Å². The van der Waals surface area contributed by atoms with E-state index in [-0.39, 0.29) is 11.4 Å². The normalized spacial score (nSPS) is 12.1. The van der Waals surface area contributed by atoms with Crippen LogP contribution in [0.5, 0.6) is 5.75 Å². The van der Waals surface area contributed by atoms with Crippen LogP contribution in [0, 0.1) is 0 Å². The Balaban J connectivity index is 2.38. The Labute approximate surface area is 118 Å². The van der Waals surface area contributed by atoms with E-state index in [0.717, 1.165) is 0 Å². The van der Waals surface area contributed by atoms with E-state index in [4.69, 9.17) is 0 Å². The zero-order valence-electron chi connectivity index (χ0n) is 10.4. The number of aromatic hydroxyl groups is 1. The van der Waals surface area contributed by atoms with Crippen LogP contribution in [0.1, 0.15) is 0 Å². The maximum atomic E-state index is 12.3. The number of halogens is 3. The number of phenolic OH excluding ortho intramolecular Hbond substituents is 1. The molecular weight excluding hydrogens is 307 g/mol. The smallest absolute Gasteiger partial charge is 0.507 e. The van der Waals surface area contributed by atoms with Gasteiger partial charge in [0.2, 0.25) is 0 Å². The fraction of sp³-hybridized carbons (Fsp3) is 0.0769. The van der Waals surface area contributed by atoms with Crippen molar-refractivity contribution in [3.8, 4) is 16.9 Å². The summed E-state index contributed by atoms with van der Waals surface area (Å²) in [5.41, 5.74) is -4.87. The van der Waals surface area contributed by atoms with Crippen LogP contribution in [0.4, 0.5) is 18.9 Å². The first-order valence-corrected chi connectivity index (χ1v) is 7.16. The van der Waals surface area contributed by atoms with Crippen molar-refractivity contribution in [1.29, 1.82) is 0 Å². The summed E-state index contributed by atoms with van der Waals surface area (Å²) in [4.78, 5) is 0. The van der Waals surface area contributed by atoms with Crippen molar-refractivity contribution in [2.45, 2.75) is 5.51 Å². The van der Waals surface area contributed by atoms with Crippen LogP contribution in [0.25, 0.3) is 11.1 Å². The molecule has 0 aromatic heterocycles. The molecule has 0 saturated carbocycles. The average molecular weight is 317 g/mol. The van der Waals surface area contributed by atoms with Crippen molar-refractivity contribution in [2.24, 2.45) is 0 Å². The van der Waals surface area contributed by atoms with Gasteiger partial charge in [0.25, 0.3) is 0 Å². The lowest BCUT2D eigenvalue weighted by Crippen LogP contribution is -2.29. The van der Waals surface area contributed by atoms with Crippen molar-refractivity contribution in [2.75, 3.05) is 4.72 Å². The third-order valence-corrected chi connectivity index (χ3v) is 3.75. The molecule has 0 spiro atoms. The minimum atomic E-state index is -5.47. The van der Waals surface area contributed by atoms with Crippen LogP contribution in [-0.4, -0.2) is 19.0 Å². The largest absolute Gasteiger partial charge is 0.516 e. The SMILES string of the molecule is O=S(=O)(Nc1cccc(-c2ccccc2O)c1)C(F)(F)F. The highest BCUT2D eigenvalue weighted by molar-refractivity contribution is 7.93. The maximum Gasteiger partial charge on any atom is 0.516 e. The van der Waals surface area contributed by atoms with Gasteiger partial charge in [0.15, 0.2) is 0 Å². The van der Waals surface area contributed by atoms with Crippen LogP contribution in [0.15, 0.2) is 48.5 Å². The highest BCUT2D eigenvalue weighted by Crippen LogP contribution is 2.31. The molecular formula is C13H10F3NO3S. The highest BCUT2D eigenvalue weighted by Gasteiger charge is 2.46. The van der Waals surface area contributed by atoms with E-state index in [9.17, 15) is 26.7 Å². The van der Waals surface area contributed by atoms with E-state index < -0.39 is 15.5 Å². The lowest BCUT2D eigenvalue weighted by molar-refractivity contribution is -0.0429. The van der Waals surface area contributed by atoms with Gasteiger partial charge in [-0.3, -0.25) is 4.72 Å². The van der Waals surface area contributed by atoms with Crippen LogP contribution in [-0.2, 0) is 10.0 Å². The molecule has 0 aliphatic carbocycles. The Hall–Kier alpha value is -2.22. The number of rotatable bonds is 3. The summed E-state index contributed by atoms with van der Waals surface area (Å²) in [6.45, 7) is 0. The molecule has 0 fully saturated rings. The van der Waals surface area contributed by atoms with Crippen LogP contribution >= 0.6 is 0 Å².